The zero-order valence-corrected chi connectivity index (χ0v) is 17.2. The molecule has 2 aromatic rings. The van der Waals surface area contributed by atoms with Gasteiger partial charge in [0.05, 0.1) is 14.2 Å². The summed E-state index contributed by atoms with van der Waals surface area (Å²) in [5.74, 6) is 1.18. The van der Waals surface area contributed by atoms with Gasteiger partial charge in [0, 0.05) is 31.1 Å². The molecule has 6 heteroatoms. The van der Waals surface area contributed by atoms with E-state index >= 15 is 0 Å². The number of nitrogens with one attached hydrogen (secondary N) is 1. The highest BCUT2D eigenvalue weighted by Crippen LogP contribution is 2.29. The van der Waals surface area contributed by atoms with E-state index in [1.165, 1.54) is 0 Å². The summed E-state index contributed by atoms with van der Waals surface area (Å²) in [6.07, 6.45) is 1.57. The molecule has 3 rings (SSSR count). The summed E-state index contributed by atoms with van der Waals surface area (Å²) in [6, 6.07) is 13.5. The van der Waals surface area contributed by atoms with Crippen LogP contribution in [0.25, 0.3) is 0 Å². The lowest BCUT2D eigenvalue weighted by Gasteiger charge is -2.26. The van der Waals surface area contributed by atoms with E-state index in [4.69, 9.17) is 9.47 Å². The van der Waals surface area contributed by atoms with Gasteiger partial charge in [-0.1, -0.05) is 24.3 Å². The van der Waals surface area contributed by atoms with Gasteiger partial charge in [-0.2, -0.15) is 0 Å². The van der Waals surface area contributed by atoms with Crippen LogP contribution in [0.5, 0.6) is 11.5 Å². The molecule has 2 amide bonds. The summed E-state index contributed by atoms with van der Waals surface area (Å²) in [6.45, 7) is 3.06. The zero-order valence-electron chi connectivity index (χ0n) is 17.2. The number of ether oxygens (including phenoxy) is 2. The fourth-order valence-corrected chi connectivity index (χ4v) is 3.68. The van der Waals surface area contributed by atoms with Crippen LogP contribution in [0, 0.1) is 5.92 Å². The quantitative estimate of drug-likeness (QED) is 0.740. The maximum absolute atomic E-state index is 12.8. The van der Waals surface area contributed by atoms with Gasteiger partial charge in [-0.15, -0.1) is 0 Å². The van der Waals surface area contributed by atoms with Crippen LogP contribution < -0.4 is 14.8 Å². The molecule has 0 aliphatic carbocycles. The van der Waals surface area contributed by atoms with Crippen molar-refractivity contribution in [3.63, 3.8) is 0 Å². The molecule has 29 heavy (non-hydrogen) atoms. The van der Waals surface area contributed by atoms with E-state index in [2.05, 4.69) is 5.32 Å². The Hall–Kier alpha value is -3.02. The normalized spacial score (nSPS) is 15.3. The van der Waals surface area contributed by atoms with E-state index in [0.717, 1.165) is 16.8 Å². The highest BCUT2D eigenvalue weighted by atomic mass is 16.5. The van der Waals surface area contributed by atoms with Crippen LogP contribution in [-0.4, -0.2) is 37.5 Å². The molecule has 0 aromatic heterocycles. The lowest BCUT2D eigenvalue weighted by atomic mass is 9.89. The standard InChI is InChI=1S/C23H28N2O4/c1-4-25(15-16-9-11-20(28-2)21(13-16)29-3)22(26)12-10-18-14-17-7-5-6-8-19(17)24-23(18)27/h5-9,11,13,18H,4,10,12,14-15H2,1-3H3,(H,24,27)/t18-/m0/s1. The molecule has 154 valence electrons. The highest BCUT2D eigenvalue weighted by Gasteiger charge is 2.27. The first-order valence-corrected chi connectivity index (χ1v) is 9.93. The van der Waals surface area contributed by atoms with Crippen molar-refractivity contribution in [2.45, 2.75) is 32.7 Å². The average Bonchev–Trinajstić information content (AvgIpc) is 2.75. The SMILES string of the molecule is CCN(Cc1ccc(OC)c(OC)c1)C(=O)CC[C@H]1Cc2ccccc2NC1=O. The van der Waals surface area contributed by atoms with Gasteiger partial charge in [-0.05, 0) is 49.1 Å². The minimum absolute atomic E-state index is 0.000519. The van der Waals surface area contributed by atoms with Crippen molar-refractivity contribution in [2.75, 3.05) is 26.1 Å². The fraction of sp³-hybridized carbons (Fsp3) is 0.391. The van der Waals surface area contributed by atoms with Gasteiger partial charge < -0.3 is 19.7 Å². The molecular weight excluding hydrogens is 368 g/mol. The van der Waals surface area contributed by atoms with Crippen LogP contribution in [0.3, 0.4) is 0 Å². The molecule has 0 radical (unpaired) electrons. The van der Waals surface area contributed by atoms with Crippen molar-refractivity contribution in [3.8, 4) is 11.5 Å². The van der Waals surface area contributed by atoms with Gasteiger partial charge in [0.1, 0.15) is 0 Å². The largest absolute Gasteiger partial charge is 0.493 e. The van der Waals surface area contributed by atoms with Crippen molar-refractivity contribution < 1.29 is 19.1 Å². The van der Waals surface area contributed by atoms with Crippen molar-refractivity contribution in [1.82, 2.24) is 4.90 Å². The van der Waals surface area contributed by atoms with Gasteiger partial charge in [0.25, 0.3) is 0 Å². The number of amides is 2. The smallest absolute Gasteiger partial charge is 0.227 e. The van der Waals surface area contributed by atoms with Crippen molar-refractivity contribution >= 4 is 17.5 Å². The number of rotatable bonds is 8. The van der Waals surface area contributed by atoms with E-state index < -0.39 is 0 Å². The highest BCUT2D eigenvalue weighted by molar-refractivity contribution is 5.96. The zero-order chi connectivity index (χ0) is 20.8. The number of hydrogen-bond acceptors (Lipinski definition) is 4. The second-order valence-corrected chi connectivity index (χ2v) is 7.18. The molecule has 1 atom stereocenters. The van der Waals surface area contributed by atoms with Crippen LogP contribution in [0.4, 0.5) is 5.69 Å². The Bertz CT molecular complexity index is 881. The predicted octanol–water partition coefficient (Wildman–Crippen LogP) is 3.64. The molecule has 1 N–H and O–H groups in total. The maximum Gasteiger partial charge on any atom is 0.227 e. The van der Waals surface area contributed by atoms with Gasteiger partial charge >= 0.3 is 0 Å². The van der Waals surface area contributed by atoms with Crippen LogP contribution in [0.15, 0.2) is 42.5 Å². The Morgan fingerprint density at radius 1 is 1.14 bits per heavy atom. The monoisotopic (exact) mass is 396 g/mol. The molecule has 0 bridgehead atoms. The lowest BCUT2D eigenvalue weighted by molar-refractivity contribution is -0.132. The summed E-state index contributed by atoms with van der Waals surface area (Å²) in [4.78, 5) is 27.0. The first kappa shape index (κ1) is 20.7. The molecule has 0 saturated carbocycles. The molecule has 6 nitrogen and oxygen atoms in total. The minimum atomic E-state index is -0.173. The van der Waals surface area contributed by atoms with E-state index in [0.29, 0.717) is 43.9 Å². The molecule has 0 fully saturated rings. The van der Waals surface area contributed by atoms with Crippen LogP contribution >= 0.6 is 0 Å². The predicted molar refractivity (Wildman–Crippen MR) is 112 cm³/mol. The third-order valence-corrected chi connectivity index (χ3v) is 5.37. The van der Waals surface area contributed by atoms with Gasteiger partial charge in [-0.3, -0.25) is 9.59 Å². The van der Waals surface area contributed by atoms with Crippen molar-refractivity contribution in [3.05, 3.63) is 53.6 Å². The van der Waals surface area contributed by atoms with Gasteiger partial charge in [0.2, 0.25) is 11.8 Å². The maximum atomic E-state index is 12.8. The Morgan fingerprint density at radius 2 is 1.90 bits per heavy atom. The van der Waals surface area contributed by atoms with Gasteiger partial charge in [0.15, 0.2) is 11.5 Å². The third kappa shape index (κ3) is 4.88. The number of para-hydroxylation sites is 1. The number of methoxy groups -OCH3 is 2. The van der Waals surface area contributed by atoms with E-state index in [1.807, 2.05) is 49.4 Å². The molecular formula is C23H28N2O4. The molecule has 1 heterocycles. The first-order valence-electron chi connectivity index (χ1n) is 9.93. The van der Waals surface area contributed by atoms with E-state index in [1.54, 1.807) is 19.1 Å². The second kappa shape index (κ2) is 9.45. The van der Waals surface area contributed by atoms with Crippen molar-refractivity contribution in [2.24, 2.45) is 5.92 Å². The number of carbonyl (C=O) groups excluding carboxylic acids is 2. The first-order chi connectivity index (χ1) is 14.0. The van der Waals surface area contributed by atoms with Crippen LogP contribution in [-0.2, 0) is 22.6 Å². The Balaban J connectivity index is 1.60. The summed E-state index contributed by atoms with van der Waals surface area (Å²) >= 11 is 0. The number of hydrogen-bond donors (Lipinski definition) is 1. The molecule has 0 saturated heterocycles. The molecule has 0 spiro atoms. The Morgan fingerprint density at radius 3 is 2.62 bits per heavy atom. The summed E-state index contributed by atoms with van der Waals surface area (Å²) in [5, 5.41) is 2.95. The molecule has 0 unspecified atom stereocenters. The minimum Gasteiger partial charge on any atom is -0.493 e. The molecule has 1 aliphatic heterocycles. The summed E-state index contributed by atoms with van der Waals surface area (Å²) < 4.78 is 10.6. The Labute approximate surface area is 171 Å². The van der Waals surface area contributed by atoms with Gasteiger partial charge in [-0.25, -0.2) is 0 Å². The average molecular weight is 396 g/mol. The van der Waals surface area contributed by atoms with Crippen molar-refractivity contribution in [1.29, 1.82) is 0 Å². The topological polar surface area (TPSA) is 67.9 Å². The summed E-state index contributed by atoms with van der Waals surface area (Å²) in [7, 11) is 3.19. The molecule has 2 aromatic carbocycles. The molecule has 1 aliphatic rings. The number of benzene rings is 2. The third-order valence-electron chi connectivity index (χ3n) is 5.37. The Kier molecular flexibility index (Phi) is 6.75. The number of nitrogens with zero attached hydrogens (tertiary/aromatic N) is 1. The van der Waals surface area contributed by atoms with E-state index in [-0.39, 0.29) is 17.7 Å². The van der Waals surface area contributed by atoms with Crippen LogP contribution in [0.2, 0.25) is 0 Å². The number of anilines is 1. The lowest BCUT2D eigenvalue weighted by Crippen LogP contribution is -2.33. The summed E-state index contributed by atoms with van der Waals surface area (Å²) in [5.41, 5.74) is 2.98. The number of carbonyl (C=O) groups is 2. The van der Waals surface area contributed by atoms with Crippen LogP contribution in [0.1, 0.15) is 30.9 Å². The fourth-order valence-electron chi connectivity index (χ4n) is 3.68. The number of fused-ring (bicyclic) bond motifs is 1. The van der Waals surface area contributed by atoms with E-state index in [9.17, 15) is 9.59 Å². The second-order valence-electron chi connectivity index (χ2n) is 7.18.